The van der Waals surface area contributed by atoms with E-state index in [-0.39, 0.29) is 14.7 Å². The average molecular weight is 298 g/mol. The van der Waals surface area contributed by atoms with Crippen LogP contribution < -0.4 is 0 Å². The van der Waals surface area contributed by atoms with Crippen LogP contribution in [-0.4, -0.2) is 11.1 Å². The predicted octanol–water partition coefficient (Wildman–Crippen LogP) is 2.58. The molecule has 0 radical (unpaired) electrons. The lowest BCUT2D eigenvalue weighted by molar-refractivity contribution is 0.0694. The van der Waals surface area contributed by atoms with Gasteiger partial charge in [0.1, 0.15) is 0 Å². The van der Waals surface area contributed by atoms with Crippen LogP contribution in [0.2, 0.25) is 0 Å². The number of carboxylic acids is 1. The topological polar surface area (TPSA) is 37.3 Å². The largest absolute Gasteiger partial charge is 0.478 e. The van der Waals surface area contributed by atoms with Gasteiger partial charge >= 0.3 is 5.97 Å². The summed E-state index contributed by atoms with van der Waals surface area (Å²) in [4.78, 5) is 10.6. The predicted molar refractivity (Wildman–Crippen MR) is 50.8 cm³/mol. The quantitative estimate of drug-likeness (QED) is 0.639. The maximum absolute atomic E-state index is 12.9. The molecular formula is C8H5F2IO2. The molecule has 0 atom stereocenters. The van der Waals surface area contributed by atoms with Gasteiger partial charge in [-0.25, -0.2) is 13.6 Å². The Hall–Kier alpha value is -0.720. The van der Waals surface area contributed by atoms with Crippen molar-refractivity contribution in [2.45, 2.75) is 6.92 Å². The second-order valence-corrected chi connectivity index (χ2v) is 3.56. The maximum atomic E-state index is 12.9. The van der Waals surface area contributed by atoms with Crippen LogP contribution in [0.15, 0.2) is 6.07 Å². The SMILES string of the molecule is Cc1cc(F)c(F)c(I)c1C(=O)O. The van der Waals surface area contributed by atoms with E-state index in [4.69, 9.17) is 5.11 Å². The van der Waals surface area contributed by atoms with E-state index in [1.165, 1.54) is 29.5 Å². The Bertz CT molecular complexity index is 377. The zero-order valence-corrected chi connectivity index (χ0v) is 8.72. The van der Waals surface area contributed by atoms with Gasteiger partial charge in [-0.05, 0) is 41.1 Å². The molecule has 0 fully saturated rings. The molecule has 0 aliphatic heterocycles. The molecule has 0 saturated heterocycles. The molecule has 0 aliphatic rings. The number of halogens is 3. The lowest BCUT2D eigenvalue weighted by Crippen LogP contribution is -2.06. The molecule has 0 heterocycles. The molecule has 13 heavy (non-hydrogen) atoms. The summed E-state index contributed by atoms with van der Waals surface area (Å²) in [6.07, 6.45) is 0. The third-order valence-corrected chi connectivity index (χ3v) is 2.59. The molecule has 0 amide bonds. The summed E-state index contributed by atoms with van der Waals surface area (Å²) in [5, 5.41) is 8.67. The number of benzene rings is 1. The summed E-state index contributed by atoms with van der Waals surface area (Å²) in [6, 6.07) is 0.876. The van der Waals surface area contributed by atoms with E-state index >= 15 is 0 Å². The van der Waals surface area contributed by atoms with Gasteiger partial charge in [0.05, 0.1) is 9.13 Å². The van der Waals surface area contributed by atoms with Gasteiger partial charge in [0.2, 0.25) is 0 Å². The van der Waals surface area contributed by atoms with Crippen molar-refractivity contribution in [3.8, 4) is 0 Å². The minimum absolute atomic E-state index is 0.181. The molecule has 1 aromatic carbocycles. The van der Waals surface area contributed by atoms with Crippen LogP contribution in [0.25, 0.3) is 0 Å². The fraction of sp³-hybridized carbons (Fsp3) is 0.125. The van der Waals surface area contributed by atoms with E-state index in [0.717, 1.165) is 6.07 Å². The molecule has 0 unspecified atom stereocenters. The molecule has 0 aromatic heterocycles. The fourth-order valence-corrected chi connectivity index (χ4v) is 1.89. The third-order valence-electron chi connectivity index (χ3n) is 1.57. The van der Waals surface area contributed by atoms with Crippen LogP contribution in [0.1, 0.15) is 15.9 Å². The van der Waals surface area contributed by atoms with Crippen molar-refractivity contribution in [3.63, 3.8) is 0 Å². The van der Waals surface area contributed by atoms with Crippen LogP contribution in [-0.2, 0) is 0 Å². The highest BCUT2D eigenvalue weighted by molar-refractivity contribution is 14.1. The van der Waals surface area contributed by atoms with Crippen LogP contribution in [0, 0.1) is 22.1 Å². The first-order chi connectivity index (χ1) is 5.95. The van der Waals surface area contributed by atoms with Crippen LogP contribution >= 0.6 is 22.6 Å². The van der Waals surface area contributed by atoms with Crippen molar-refractivity contribution < 1.29 is 18.7 Å². The van der Waals surface area contributed by atoms with E-state index in [1.807, 2.05) is 0 Å². The molecule has 0 bridgehead atoms. The molecule has 5 heteroatoms. The number of carbonyl (C=O) groups is 1. The maximum Gasteiger partial charge on any atom is 0.337 e. The van der Waals surface area contributed by atoms with E-state index in [9.17, 15) is 13.6 Å². The highest BCUT2D eigenvalue weighted by Gasteiger charge is 2.18. The van der Waals surface area contributed by atoms with Gasteiger partial charge in [0.25, 0.3) is 0 Å². The second-order valence-electron chi connectivity index (χ2n) is 2.48. The number of aryl methyl sites for hydroxylation is 1. The zero-order chi connectivity index (χ0) is 10.2. The number of carboxylic acid groups (broad SMARTS) is 1. The summed E-state index contributed by atoms with van der Waals surface area (Å²) in [5.74, 6) is -3.38. The van der Waals surface area contributed by atoms with Gasteiger partial charge < -0.3 is 5.11 Å². The monoisotopic (exact) mass is 298 g/mol. The summed E-state index contributed by atoms with van der Waals surface area (Å²) in [6.45, 7) is 1.42. The molecule has 1 N–H and O–H groups in total. The van der Waals surface area contributed by atoms with E-state index in [0.29, 0.717) is 0 Å². The van der Waals surface area contributed by atoms with Crippen LogP contribution in [0.5, 0.6) is 0 Å². The first-order valence-corrected chi connectivity index (χ1v) is 4.40. The lowest BCUT2D eigenvalue weighted by atomic mass is 10.1. The number of aromatic carboxylic acids is 1. The van der Waals surface area contributed by atoms with E-state index in [2.05, 4.69) is 0 Å². The number of rotatable bonds is 1. The summed E-state index contributed by atoms with van der Waals surface area (Å²) in [5.41, 5.74) is 0.0373. The average Bonchev–Trinajstić information content (AvgIpc) is 1.99. The molecule has 0 saturated carbocycles. The molecule has 0 aliphatic carbocycles. The first-order valence-electron chi connectivity index (χ1n) is 3.32. The Kier molecular flexibility index (Phi) is 2.84. The summed E-state index contributed by atoms with van der Waals surface area (Å²) >= 11 is 1.48. The highest BCUT2D eigenvalue weighted by Crippen LogP contribution is 2.22. The third kappa shape index (κ3) is 1.79. The fourth-order valence-electron chi connectivity index (χ4n) is 0.976. The Morgan fingerprint density at radius 2 is 2.08 bits per heavy atom. The van der Waals surface area contributed by atoms with E-state index in [1.54, 1.807) is 0 Å². The van der Waals surface area contributed by atoms with Crippen molar-refractivity contribution in [1.29, 1.82) is 0 Å². The van der Waals surface area contributed by atoms with Crippen LogP contribution in [0.4, 0.5) is 8.78 Å². The molecule has 2 nitrogen and oxygen atoms in total. The first kappa shape index (κ1) is 10.4. The molecule has 1 aromatic rings. The van der Waals surface area contributed by atoms with Crippen molar-refractivity contribution in [2.75, 3.05) is 0 Å². The van der Waals surface area contributed by atoms with Gasteiger partial charge in [0.15, 0.2) is 11.6 Å². The zero-order valence-electron chi connectivity index (χ0n) is 6.57. The van der Waals surface area contributed by atoms with Crippen molar-refractivity contribution in [1.82, 2.24) is 0 Å². The second kappa shape index (κ2) is 3.57. The molecule has 70 valence electrons. The summed E-state index contributed by atoms with van der Waals surface area (Å²) < 4.78 is 25.4. The van der Waals surface area contributed by atoms with Crippen molar-refractivity contribution in [2.24, 2.45) is 0 Å². The Labute approximate surface area is 86.7 Å². The molecular weight excluding hydrogens is 293 g/mol. The Morgan fingerprint density at radius 1 is 1.54 bits per heavy atom. The van der Waals surface area contributed by atoms with Gasteiger partial charge in [-0.1, -0.05) is 0 Å². The van der Waals surface area contributed by atoms with Gasteiger partial charge in [-0.2, -0.15) is 0 Å². The van der Waals surface area contributed by atoms with Gasteiger partial charge in [0, 0.05) is 0 Å². The lowest BCUT2D eigenvalue weighted by Gasteiger charge is -2.05. The minimum atomic E-state index is -1.25. The van der Waals surface area contributed by atoms with Crippen molar-refractivity contribution >= 4 is 28.6 Å². The van der Waals surface area contributed by atoms with Gasteiger partial charge in [-0.3, -0.25) is 0 Å². The highest BCUT2D eigenvalue weighted by atomic mass is 127. The standard InChI is InChI=1S/C8H5F2IO2/c1-3-2-4(9)6(10)7(11)5(3)8(12)13/h2H,1H3,(H,12,13). The number of hydrogen-bond donors (Lipinski definition) is 1. The summed E-state index contributed by atoms with van der Waals surface area (Å²) in [7, 11) is 0. The Balaban J connectivity index is 3.53. The van der Waals surface area contributed by atoms with Crippen LogP contribution in [0.3, 0.4) is 0 Å². The smallest absolute Gasteiger partial charge is 0.337 e. The normalized spacial score (nSPS) is 10.2. The van der Waals surface area contributed by atoms with E-state index < -0.39 is 17.6 Å². The van der Waals surface area contributed by atoms with Gasteiger partial charge in [-0.15, -0.1) is 0 Å². The number of hydrogen-bond acceptors (Lipinski definition) is 1. The Morgan fingerprint density at radius 3 is 2.54 bits per heavy atom. The van der Waals surface area contributed by atoms with Crippen molar-refractivity contribution in [3.05, 3.63) is 32.4 Å². The minimum Gasteiger partial charge on any atom is -0.478 e. The molecule has 1 rings (SSSR count). The molecule has 0 spiro atoms.